The van der Waals surface area contributed by atoms with E-state index >= 15 is 0 Å². The predicted octanol–water partition coefficient (Wildman–Crippen LogP) is 2.66. The van der Waals surface area contributed by atoms with Crippen molar-refractivity contribution in [1.82, 2.24) is 25.4 Å². The summed E-state index contributed by atoms with van der Waals surface area (Å²) in [6, 6.07) is 1.78. The number of hydrogen-bond donors (Lipinski definition) is 2. The van der Waals surface area contributed by atoms with Crippen LogP contribution in [0.2, 0.25) is 0 Å². The average molecular weight is 399 g/mol. The van der Waals surface area contributed by atoms with E-state index in [9.17, 15) is 9.59 Å². The van der Waals surface area contributed by atoms with Gasteiger partial charge in [-0.2, -0.15) is 5.10 Å². The van der Waals surface area contributed by atoms with Gasteiger partial charge in [0, 0.05) is 30.1 Å². The Balaban J connectivity index is 2.08. The Labute approximate surface area is 171 Å². The molecule has 3 heterocycles. The van der Waals surface area contributed by atoms with Crippen LogP contribution in [-0.2, 0) is 16.1 Å². The molecule has 2 aromatic rings. The minimum atomic E-state index is -0.750. The molecule has 1 fully saturated rings. The third-order valence-electron chi connectivity index (χ3n) is 5.51. The maximum atomic E-state index is 13.0. The van der Waals surface area contributed by atoms with Gasteiger partial charge in [0.05, 0.1) is 29.6 Å². The lowest BCUT2D eigenvalue weighted by atomic mass is 9.89. The Morgan fingerprint density at radius 3 is 2.72 bits per heavy atom. The highest BCUT2D eigenvalue weighted by molar-refractivity contribution is 5.99. The van der Waals surface area contributed by atoms with Gasteiger partial charge in [0.25, 0.3) is 0 Å². The monoisotopic (exact) mass is 399 g/mol. The second-order valence-electron chi connectivity index (χ2n) is 7.75. The number of carbonyl (C=O) groups is 2. The Morgan fingerprint density at radius 1 is 1.38 bits per heavy atom. The summed E-state index contributed by atoms with van der Waals surface area (Å²) in [4.78, 5) is 30.1. The van der Waals surface area contributed by atoms with E-state index < -0.39 is 17.7 Å². The lowest BCUT2D eigenvalue weighted by Crippen LogP contribution is -2.48. The second-order valence-corrected chi connectivity index (χ2v) is 7.75. The molecule has 1 saturated heterocycles. The van der Waals surface area contributed by atoms with Crippen LogP contribution in [0.25, 0.3) is 11.1 Å². The minimum absolute atomic E-state index is 0.0639. The third-order valence-corrected chi connectivity index (χ3v) is 5.51. The van der Waals surface area contributed by atoms with Crippen molar-refractivity contribution in [2.75, 3.05) is 6.61 Å². The van der Waals surface area contributed by atoms with Gasteiger partial charge in [0.15, 0.2) is 0 Å². The molecule has 3 rings (SSSR count). The van der Waals surface area contributed by atoms with Crippen LogP contribution in [0.3, 0.4) is 0 Å². The van der Waals surface area contributed by atoms with E-state index in [4.69, 9.17) is 4.74 Å². The Bertz CT molecular complexity index is 907. The highest BCUT2D eigenvalue weighted by atomic mass is 16.5. The molecule has 156 valence electrons. The number of nitrogens with one attached hydrogen (secondary N) is 2. The Morgan fingerprint density at radius 2 is 2.14 bits per heavy atom. The Hall–Kier alpha value is -2.74. The molecule has 2 N–H and O–H groups in total. The molecule has 0 spiro atoms. The maximum absolute atomic E-state index is 13.0. The van der Waals surface area contributed by atoms with Crippen LogP contribution in [0.5, 0.6) is 0 Å². The molecule has 0 radical (unpaired) electrons. The number of amides is 1. The summed E-state index contributed by atoms with van der Waals surface area (Å²) >= 11 is 0. The number of hydrogen-bond acceptors (Lipinski definition) is 6. The summed E-state index contributed by atoms with van der Waals surface area (Å²) in [7, 11) is 0. The standard InChI is InChI=1S/C21H29N5O3/c1-6-10-29-19(27)16-15(14-11-23-26(7-2)12-14)8-9-22-17(16)18-24-20(28)21(5,25-18)13(3)4/h8-9,11-13,18,25H,6-7,10H2,1-5H3,(H,24,28). The van der Waals surface area contributed by atoms with Crippen LogP contribution in [0.4, 0.5) is 0 Å². The molecule has 0 saturated carbocycles. The fraction of sp³-hybridized carbons (Fsp3) is 0.524. The number of ether oxygens (including phenoxy) is 1. The van der Waals surface area contributed by atoms with Gasteiger partial charge in [-0.15, -0.1) is 0 Å². The van der Waals surface area contributed by atoms with E-state index in [2.05, 4.69) is 20.7 Å². The summed E-state index contributed by atoms with van der Waals surface area (Å²) in [6.07, 6.45) is 5.38. The smallest absolute Gasteiger partial charge is 0.340 e. The quantitative estimate of drug-likeness (QED) is 0.695. The highest BCUT2D eigenvalue weighted by Gasteiger charge is 2.46. The van der Waals surface area contributed by atoms with Gasteiger partial charge in [0.2, 0.25) is 5.91 Å². The lowest BCUT2D eigenvalue weighted by Gasteiger charge is -2.26. The second kappa shape index (κ2) is 8.32. The summed E-state index contributed by atoms with van der Waals surface area (Å²) in [5.74, 6) is -0.506. The first-order valence-electron chi connectivity index (χ1n) is 10.1. The van der Waals surface area contributed by atoms with Crippen molar-refractivity contribution >= 4 is 11.9 Å². The predicted molar refractivity (Wildman–Crippen MR) is 109 cm³/mol. The summed E-state index contributed by atoms with van der Waals surface area (Å²) in [6.45, 7) is 10.8. The van der Waals surface area contributed by atoms with Crippen molar-refractivity contribution in [3.05, 3.63) is 35.9 Å². The number of rotatable bonds is 7. The van der Waals surface area contributed by atoms with Gasteiger partial charge in [0.1, 0.15) is 6.17 Å². The first kappa shape index (κ1) is 21.0. The van der Waals surface area contributed by atoms with Crippen molar-refractivity contribution in [2.24, 2.45) is 5.92 Å². The van der Waals surface area contributed by atoms with Crippen LogP contribution in [0.15, 0.2) is 24.7 Å². The van der Waals surface area contributed by atoms with E-state index in [1.165, 1.54) is 0 Å². The summed E-state index contributed by atoms with van der Waals surface area (Å²) in [5, 5.41) is 10.6. The summed E-state index contributed by atoms with van der Waals surface area (Å²) in [5.41, 5.74) is 1.54. The van der Waals surface area contributed by atoms with Crippen molar-refractivity contribution < 1.29 is 14.3 Å². The number of carbonyl (C=O) groups excluding carboxylic acids is 2. The molecule has 0 aromatic carbocycles. The first-order valence-corrected chi connectivity index (χ1v) is 10.1. The van der Waals surface area contributed by atoms with E-state index in [0.717, 1.165) is 12.1 Å². The topological polar surface area (TPSA) is 98.1 Å². The maximum Gasteiger partial charge on any atom is 0.340 e. The molecule has 1 aliphatic rings. The molecule has 2 aromatic heterocycles. The largest absolute Gasteiger partial charge is 0.462 e. The third kappa shape index (κ3) is 3.89. The fourth-order valence-electron chi connectivity index (χ4n) is 3.34. The minimum Gasteiger partial charge on any atom is -0.462 e. The van der Waals surface area contributed by atoms with Gasteiger partial charge in [-0.3, -0.25) is 19.8 Å². The van der Waals surface area contributed by atoms with Crippen molar-refractivity contribution in [3.8, 4) is 11.1 Å². The number of esters is 1. The van der Waals surface area contributed by atoms with Gasteiger partial charge in [-0.25, -0.2) is 4.79 Å². The van der Waals surface area contributed by atoms with Crippen LogP contribution in [0.1, 0.15) is 63.3 Å². The van der Waals surface area contributed by atoms with Crippen LogP contribution < -0.4 is 10.6 Å². The van der Waals surface area contributed by atoms with Gasteiger partial charge < -0.3 is 10.1 Å². The molecule has 1 aliphatic heterocycles. The van der Waals surface area contributed by atoms with E-state index in [0.29, 0.717) is 29.8 Å². The van der Waals surface area contributed by atoms with Crippen molar-refractivity contribution in [3.63, 3.8) is 0 Å². The van der Waals surface area contributed by atoms with Gasteiger partial charge >= 0.3 is 5.97 Å². The molecule has 0 bridgehead atoms. The van der Waals surface area contributed by atoms with Gasteiger partial charge in [-0.1, -0.05) is 20.8 Å². The molecule has 2 atom stereocenters. The zero-order valence-electron chi connectivity index (χ0n) is 17.7. The Kier molecular flexibility index (Phi) is 6.02. The number of aryl methyl sites for hydroxylation is 1. The molecular weight excluding hydrogens is 370 g/mol. The molecule has 1 amide bonds. The molecule has 0 aliphatic carbocycles. The van der Waals surface area contributed by atoms with E-state index in [1.807, 2.05) is 40.8 Å². The lowest BCUT2D eigenvalue weighted by molar-refractivity contribution is -0.125. The highest BCUT2D eigenvalue weighted by Crippen LogP contribution is 2.32. The van der Waals surface area contributed by atoms with Crippen LogP contribution >= 0.6 is 0 Å². The molecule has 2 unspecified atom stereocenters. The number of pyridine rings is 1. The molecule has 8 nitrogen and oxygen atoms in total. The number of aromatic nitrogens is 3. The summed E-state index contributed by atoms with van der Waals surface area (Å²) < 4.78 is 7.25. The first-order chi connectivity index (χ1) is 13.8. The molecule has 29 heavy (non-hydrogen) atoms. The zero-order valence-corrected chi connectivity index (χ0v) is 17.7. The average Bonchev–Trinajstić information content (AvgIpc) is 3.31. The van der Waals surface area contributed by atoms with E-state index in [-0.39, 0.29) is 11.8 Å². The van der Waals surface area contributed by atoms with E-state index in [1.54, 1.807) is 23.1 Å². The normalized spacial score (nSPS) is 21.4. The number of nitrogens with zero attached hydrogens (tertiary/aromatic N) is 3. The van der Waals surface area contributed by atoms with Crippen molar-refractivity contribution in [1.29, 1.82) is 0 Å². The van der Waals surface area contributed by atoms with Gasteiger partial charge in [-0.05, 0) is 32.3 Å². The van der Waals surface area contributed by atoms with Crippen molar-refractivity contribution in [2.45, 2.75) is 59.3 Å². The zero-order chi connectivity index (χ0) is 21.2. The van der Waals surface area contributed by atoms with Crippen LogP contribution in [0, 0.1) is 5.92 Å². The van der Waals surface area contributed by atoms with Crippen LogP contribution in [-0.4, -0.2) is 38.8 Å². The molecule has 8 heteroatoms. The fourth-order valence-corrected chi connectivity index (χ4v) is 3.34. The molecular formula is C21H29N5O3. The SMILES string of the molecule is CCCOC(=O)c1c(-c2cnn(CC)c2)ccnc1C1NC(=O)C(C)(C(C)C)N1.